The van der Waals surface area contributed by atoms with Crippen molar-refractivity contribution in [2.75, 3.05) is 39.4 Å². The van der Waals surface area contributed by atoms with Gasteiger partial charge >= 0.3 is 0 Å². The van der Waals surface area contributed by atoms with Gasteiger partial charge in [0.05, 0.1) is 19.8 Å². The second-order valence-corrected chi connectivity index (χ2v) is 7.02. The summed E-state index contributed by atoms with van der Waals surface area (Å²) in [5.41, 5.74) is 1.61. The number of hydrogen-bond donors (Lipinski definition) is 2. The summed E-state index contributed by atoms with van der Waals surface area (Å²) in [6, 6.07) is 0.929. The minimum absolute atomic E-state index is 0. The van der Waals surface area contributed by atoms with Gasteiger partial charge < -0.3 is 15.4 Å². The van der Waals surface area contributed by atoms with E-state index in [1.54, 1.807) is 5.57 Å². The molecule has 2 N–H and O–H groups in total. The Morgan fingerprint density at radius 2 is 2.24 bits per heavy atom. The van der Waals surface area contributed by atoms with Crippen LogP contribution in [-0.2, 0) is 4.74 Å². The first-order chi connectivity index (χ1) is 11.7. The molecule has 0 aromatic heterocycles. The van der Waals surface area contributed by atoms with Crippen LogP contribution in [0.1, 0.15) is 52.9 Å². The maximum absolute atomic E-state index is 5.53. The third-order valence-corrected chi connectivity index (χ3v) is 4.97. The summed E-state index contributed by atoms with van der Waals surface area (Å²) >= 11 is 0. The molecule has 146 valence electrons. The van der Waals surface area contributed by atoms with Crippen LogP contribution in [0.15, 0.2) is 16.6 Å². The lowest BCUT2D eigenvalue weighted by Gasteiger charge is -2.37. The molecule has 1 aliphatic carbocycles. The van der Waals surface area contributed by atoms with Crippen molar-refractivity contribution in [3.63, 3.8) is 0 Å². The first-order valence-corrected chi connectivity index (χ1v) is 9.74. The highest BCUT2D eigenvalue weighted by molar-refractivity contribution is 14.0. The Bertz CT molecular complexity index is 428. The average Bonchev–Trinajstić information content (AvgIpc) is 2.60. The SMILES string of the molecule is CCNC(=NCC(C)N1CCOCC1C)NCCC1=CCCCC1.I. The lowest BCUT2D eigenvalue weighted by Crippen LogP contribution is -2.49. The Balaban J connectivity index is 0.00000312. The third kappa shape index (κ3) is 8.26. The maximum Gasteiger partial charge on any atom is 0.191 e. The van der Waals surface area contributed by atoms with E-state index in [-0.39, 0.29) is 24.0 Å². The van der Waals surface area contributed by atoms with Gasteiger partial charge in [0.1, 0.15) is 0 Å². The number of ether oxygens (including phenoxy) is 1. The fraction of sp³-hybridized carbons (Fsp3) is 0.842. The van der Waals surface area contributed by atoms with E-state index in [1.165, 1.54) is 25.7 Å². The van der Waals surface area contributed by atoms with Crippen molar-refractivity contribution in [2.45, 2.75) is 65.0 Å². The zero-order chi connectivity index (χ0) is 17.2. The molecular weight excluding hydrogens is 427 g/mol. The molecule has 0 bridgehead atoms. The standard InChI is InChI=1S/C19H36N4O.HI/c1-4-20-19(21-11-10-18-8-6-5-7-9-18)22-14-16(2)23-12-13-24-15-17(23)3;/h8,16-17H,4-7,9-15H2,1-3H3,(H2,20,21,22);1H. The van der Waals surface area contributed by atoms with Crippen molar-refractivity contribution in [3.8, 4) is 0 Å². The summed E-state index contributed by atoms with van der Waals surface area (Å²) in [4.78, 5) is 7.30. The Morgan fingerprint density at radius 1 is 1.40 bits per heavy atom. The normalized spacial score (nSPS) is 23.4. The Hall–Kier alpha value is -0.340. The fourth-order valence-electron chi connectivity index (χ4n) is 3.54. The number of allylic oxidation sites excluding steroid dienone is 1. The van der Waals surface area contributed by atoms with Gasteiger partial charge in [-0.3, -0.25) is 9.89 Å². The van der Waals surface area contributed by atoms with Gasteiger partial charge in [-0.15, -0.1) is 24.0 Å². The summed E-state index contributed by atoms with van der Waals surface area (Å²) in [5, 5.41) is 6.86. The predicted octanol–water partition coefficient (Wildman–Crippen LogP) is 3.16. The van der Waals surface area contributed by atoms with Gasteiger partial charge in [-0.25, -0.2) is 0 Å². The molecule has 5 nitrogen and oxygen atoms in total. The van der Waals surface area contributed by atoms with Crippen LogP contribution in [0.25, 0.3) is 0 Å². The molecule has 25 heavy (non-hydrogen) atoms. The lowest BCUT2D eigenvalue weighted by atomic mass is 9.97. The number of hydrogen-bond acceptors (Lipinski definition) is 3. The molecule has 1 aliphatic heterocycles. The van der Waals surface area contributed by atoms with Crippen molar-refractivity contribution in [1.82, 2.24) is 15.5 Å². The van der Waals surface area contributed by atoms with Crippen molar-refractivity contribution in [2.24, 2.45) is 4.99 Å². The third-order valence-electron chi connectivity index (χ3n) is 4.97. The van der Waals surface area contributed by atoms with Crippen molar-refractivity contribution < 1.29 is 4.74 Å². The van der Waals surface area contributed by atoms with Crippen LogP contribution < -0.4 is 10.6 Å². The number of guanidine groups is 1. The Morgan fingerprint density at radius 3 is 2.92 bits per heavy atom. The van der Waals surface area contributed by atoms with Gasteiger partial charge in [-0.1, -0.05) is 11.6 Å². The number of nitrogens with one attached hydrogen (secondary N) is 2. The van der Waals surface area contributed by atoms with Gasteiger partial charge in [0, 0.05) is 31.7 Å². The minimum atomic E-state index is 0. The Kier molecular flexibility index (Phi) is 11.7. The molecule has 6 heteroatoms. The van der Waals surface area contributed by atoms with E-state index in [2.05, 4.69) is 42.4 Å². The molecule has 0 aromatic carbocycles. The molecule has 0 saturated carbocycles. The second kappa shape index (κ2) is 12.9. The van der Waals surface area contributed by atoms with E-state index in [4.69, 9.17) is 9.73 Å². The smallest absolute Gasteiger partial charge is 0.191 e. The summed E-state index contributed by atoms with van der Waals surface area (Å²) in [5.74, 6) is 0.946. The number of morpholine rings is 1. The van der Waals surface area contributed by atoms with E-state index < -0.39 is 0 Å². The zero-order valence-electron chi connectivity index (χ0n) is 16.2. The highest BCUT2D eigenvalue weighted by Crippen LogP contribution is 2.19. The molecule has 0 amide bonds. The van der Waals surface area contributed by atoms with Gasteiger partial charge in [0.2, 0.25) is 0 Å². The average molecular weight is 464 g/mol. The number of rotatable bonds is 7. The van der Waals surface area contributed by atoms with Crippen LogP contribution in [0.3, 0.4) is 0 Å². The fourth-order valence-corrected chi connectivity index (χ4v) is 3.54. The first-order valence-electron chi connectivity index (χ1n) is 9.74. The minimum Gasteiger partial charge on any atom is -0.379 e. The molecular formula is C19H37IN4O. The van der Waals surface area contributed by atoms with E-state index >= 15 is 0 Å². The number of nitrogens with zero attached hydrogens (tertiary/aromatic N) is 2. The Labute approximate surface area is 171 Å². The molecule has 0 aromatic rings. The highest BCUT2D eigenvalue weighted by atomic mass is 127. The van der Waals surface area contributed by atoms with Crippen LogP contribution in [0.2, 0.25) is 0 Å². The van der Waals surface area contributed by atoms with Gasteiger partial charge in [-0.05, 0) is 52.9 Å². The molecule has 2 aliphatic rings. The summed E-state index contributed by atoms with van der Waals surface area (Å²) in [6.45, 7) is 12.0. The molecule has 2 atom stereocenters. The maximum atomic E-state index is 5.53. The van der Waals surface area contributed by atoms with E-state index in [9.17, 15) is 0 Å². The molecule has 2 rings (SSSR count). The van der Waals surface area contributed by atoms with E-state index in [0.717, 1.165) is 51.8 Å². The molecule has 0 radical (unpaired) electrons. The molecule has 1 heterocycles. The van der Waals surface area contributed by atoms with Crippen LogP contribution in [0.4, 0.5) is 0 Å². The predicted molar refractivity (Wildman–Crippen MR) is 117 cm³/mol. The number of aliphatic imine (C=N–C) groups is 1. The summed E-state index contributed by atoms with van der Waals surface area (Å²) in [6.07, 6.45) is 8.83. The van der Waals surface area contributed by atoms with Gasteiger partial charge in [-0.2, -0.15) is 0 Å². The molecule has 1 saturated heterocycles. The van der Waals surface area contributed by atoms with E-state index in [1.807, 2.05) is 0 Å². The van der Waals surface area contributed by atoms with Crippen LogP contribution >= 0.6 is 24.0 Å². The molecule has 1 fully saturated rings. The first kappa shape index (κ1) is 22.7. The monoisotopic (exact) mass is 464 g/mol. The molecule has 0 spiro atoms. The topological polar surface area (TPSA) is 48.9 Å². The number of halogens is 1. The highest BCUT2D eigenvalue weighted by Gasteiger charge is 2.23. The van der Waals surface area contributed by atoms with Crippen molar-refractivity contribution >= 4 is 29.9 Å². The van der Waals surface area contributed by atoms with E-state index in [0.29, 0.717) is 12.1 Å². The molecule has 2 unspecified atom stereocenters. The van der Waals surface area contributed by atoms with Crippen molar-refractivity contribution in [3.05, 3.63) is 11.6 Å². The zero-order valence-corrected chi connectivity index (χ0v) is 18.6. The summed E-state index contributed by atoms with van der Waals surface area (Å²) in [7, 11) is 0. The van der Waals surface area contributed by atoms with Crippen LogP contribution in [0.5, 0.6) is 0 Å². The van der Waals surface area contributed by atoms with Gasteiger partial charge in [0.25, 0.3) is 0 Å². The quantitative estimate of drug-likeness (QED) is 0.263. The second-order valence-electron chi connectivity index (χ2n) is 7.02. The summed E-state index contributed by atoms with van der Waals surface area (Å²) < 4.78 is 5.53. The van der Waals surface area contributed by atoms with Crippen LogP contribution in [-0.4, -0.2) is 62.3 Å². The largest absolute Gasteiger partial charge is 0.379 e. The van der Waals surface area contributed by atoms with Crippen LogP contribution in [0, 0.1) is 0 Å². The van der Waals surface area contributed by atoms with Crippen molar-refractivity contribution in [1.29, 1.82) is 0 Å². The lowest BCUT2D eigenvalue weighted by molar-refractivity contribution is -0.0165. The van der Waals surface area contributed by atoms with Gasteiger partial charge in [0.15, 0.2) is 5.96 Å².